The molecular weight excluding hydrogens is 168 g/mol. The summed E-state index contributed by atoms with van der Waals surface area (Å²) in [5.41, 5.74) is -0.144. The van der Waals surface area contributed by atoms with Crippen molar-refractivity contribution in [3.05, 3.63) is 36.5 Å². The van der Waals surface area contributed by atoms with Crippen molar-refractivity contribution in [2.45, 2.75) is 6.42 Å². The first kappa shape index (κ1) is 9.45. The second-order valence-electron chi connectivity index (χ2n) is 2.77. The van der Waals surface area contributed by atoms with Crippen molar-refractivity contribution in [3.63, 3.8) is 0 Å². The van der Waals surface area contributed by atoms with Crippen molar-refractivity contribution in [2.75, 3.05) is 0 Å². The van der Waals surface area contributed by atoms with Gasteiger partial charge in [0, 0.05) is 5.92 Å². The van der Waals surface area contributed by atoms with Crippen molar-refractivity contribution < 1.29 is 14.7 Å². The predicted molar refractivity (Wildman–Crippen MR) is 48.2 cm³/mol. The number of hydrogen-bond acceptors (Lipinski definition) is 2. The van der Waals surface area contributed by atoms with Crippen LogP contribution in [0.25, 0.3) is 0 Å². The number of hydrogen-bond donors (Lipinski definition) is 1. The molecule has 1 unspecified atom stereocenters. The van der Waals surface area contributed by atoms with Gasteiger partial charge < -0.3 is 5.11 Å². The Kier molecular flexibility index (Phi) is 2.80. The Balaban J connectivity index is 2.86. The fourth-order valence-electron chi connectivity index (χ4n) is 1.20. The molecule has 3 nitrogen and oxygen atoms in total. The van der Waals surface area contributed by atoms with Gasteiger partial charge in [-0.2, -0.15) is 0 Å². The average molecular weight is 178 g/mol. The first-order valence-corrected chi connectivity index (χ1v) is 3.93. The van der Waals surface area contributed by atoms with Crippen molar-refractivity contribution >= 4 is 11.8 Å². The third-order valence-corrected chi connectivity index (χ3v) is 1.86. The summed E-state index contributed by atoms with van der Waals surface area (Å²) in [6.07, 6.45) is 6.71. The number of Topliss-reactive ketones (excluding diaryl/α,β-unsaturated/α-hetero) is 1. The number of carbonyl (C=O) groups excluding carboxylic acids is 1. The van der Waals surface area contributed by atoms with E-state index in [0.717, 1.165) is 0 Å². The molecular formula is C10H10O3. The molecule has 0 saturated carbocycles. The van der Waals surface area contributed by atoms with E-state index < -0.39 is 5.97 Å². The van der Waals surface area contributed by atoms with Crippen LogP contribution in [0.2, 0.25) is 0 Å². The Morgan fingerprint density at radius 3 is 2.92 bits per heavy atom. The standard InChI is InChI=1S/C10H10O3/c1-2-4-7-5-3-6-8(9(7)11)10(12)13/h2-3,5-7H,1,4H2,(H,12,13). The van der Waals surface area contributed by atoms with Crippen molar-refractivity contribution in [1.29, 1.82) is 0 Å². The van der Waals surface area contributed by atoms with Crippen molar-refractivity contribution in [3.8, 4) is 0 Å². The van der Waals surface area contributed by atoms with E-state index in [9.17, 15) is 9.59 Å². The molecule has 1 aliphatic rings. The van der Waals surface area contributed by atoms with E-state index in [2.05, 4.69) is 6.58 Å². The normalized spacial score (nSPS) is 21.1. The molecule has 1 aliphatic carbocycles. The van der Waals surface area contributed by atoms with E-state index in [-0.39, 0.29) is 17.3 Å². The summed E-state index contributed by atoms with van der Waals surface area (Å²) in [6.45, 7) is 3.51. The topological polar surface area (TPSA) is 54.4 Å². The van der Waals surface area contributed by atoms with Gasteiger partial charge in [-0.3, -0.25) is 4.79 Å². The largest absolute Gasteiger partial charge is 0.478 e. The SMILES string of the molecule is C=CCC1C=CC=C(C(=O)O)C1=O. The van der Waals surface area contributed by atoms with Crippen molar-refractivity contribution in [2.24, 2.45) is 5.92 Å². The fraction of sp³-hybridized carbons (Fsp3) is 0.200. The smallest absolute Gasteiger partial charge is 0.339 e. The zero-order valence-corrected chi connectivity index (χ0v) is 7.06. The summed E-state index contributed by atoms with van der Waals surface area (Å²) in [7, 11) is 0. The summed E-state index contributed by atoms with van der Waals surface area (Å²) in [5, 5.41) is 8.65. The molecule has 0 heterocycles. The van der Waals surface area contributed by atoms with Gasteiger partial charge in [0.15, 0.2) is 5.78 Å². The lowest BCUT2D eigenvalue weighted by molar-refractivity contribution is -0.135. The second-order valence-corrected chi connectivity index (χ2v) is 2.77. The van der Waals surface area contributed by atoms with Crippen LogP contribution in [0.1, 0.15) is 6.42 Å². The molecule has 13 heavy (non-hydrogen) atoms. The molecule has 0 aromatic carbocycles. The highest BCUT2D eigenvalue weighted by molar-refractivity contribution is 6.18. The first-order valence-electron chi connectivity index (χ1n) is 3.93. The molecule has 0 amide bonds. The number of aliphatic carboxylic acids is 1. The molecule has 0 aromatic rings. The van der Waals surface area contributed by atoms with Crippen LogP contribution < -0.4 is 0 Å². The molecule has 1 N–H and O–H groups in total. The number of ketones is 1. The van der Waals surface area contributed by atoms with Crippen LogP contribution in [0.15, 0.2) is 36.5 Å². The second kappa shape index (κ2) is 3.85. The maximum atomic E-state index is 11.4. The van der Waals surface area contributed by atoms with Gasteiger partial charge in [0.1, 0.15) is 5.57 Å². The monoisotopic (exact) mass is 178 g/mol. The van der Waals surface area contributed by atoms with Crippen LogP contribution in [-0.4, -0.2) is 16.9 Å². The van der Waals surface area contributed by atoms with Crippen LogP contribution in [0.4, 0.5) is 0 Å². The van der Waals surface area contributed by atoms with Gasteiger partial charge in [-0.1, -0.05) is 18.2 Å². The average Bonchev–Trinajstić information content (AvgIpc) is 2.08. The van der Waals surface area contributed by atoms with Gasteiger partial charge in [-0.05, 0) is 12.5 Å². The highest BCUT2D eigenvalue weighted by atomic mass is 16.4. The number of carbonyl (C=O) groups is 2. The van der Waals surface area contributed by atoms with Crippen molar-refractivity contribution in [1.82, 2.24) is 0 Å². The van der Waals surface area contributed by atoms with E-state index in [4.69, 9.17) is 5.11 Å². The summed E-state index contributed by atoms with van der Waals surface area (Å²) in [5.74, 6) is -1.85. The van der Waals surface area contributed by atoms with E-state index in [0.29, 0.717) is 6.42 Å². The Morgan fingerprint density at radius 2 is 2.38 bits per heavy atom. The lowest BCUT2D eigenvalue weighted by Gasteiger charge is -2.12. The molecule has 0 aliphatic heterocycles. The molecule has 1 atom stereocenters. The van der Waals surface area contributed by atoms with E-state index in [1.165, 1.54) is 6.08 Å². The van der Waals surface area contributed by atoms with Crippen LogP contribution in [0, 0.1) is 5.92 Å². The number of rotatable bonds is 3. The summed E-state index contributed by atoms with van der Waals surface area (Å²) in [4.78, 5) is 22.0. The molecule has 68 valence electrons. The van der Waals surface area contributed by atoms with Gasteiger partial charge in [0.2, 0.25) is 0 Å². The van der Waals surface area contributed by atoms with E-state index >= 15 is 0 Å². The Hall–Kier alpha value is -1.64. The lowest BCUT2D eigenvalue weighted by Crippen LogP contribution is -2.21. The zero-order valence-electron chi connectivity index (χ0n) is 7.06. The molecule has 0 aromatic heterocycles. The molecule has 0 saturated heterocycles. The summed E-state index contributed by atoms with van der Waals surface area (Å²) >= 11 is 0. The van der Waals surface area contributed by atoms with Gasteiger partial charge in [-0.15, -0.1) is 6.58 Å². The van der Waals surface area contributed by atoms with Crippen LogP contribution >= 0.6 is 0 Å². The fourth-order valence-corrected chi connectivity index (χ4v) is 1.20. The summed E-state index contributed by atoms with van der Waals surface area (Å²) < 4.78 is 0. The van der Waals surface area contributed by atoms with Gasteiger partial charge in [-0.25, -0.2) is 4.79 Å². The minimum absolute atomic E-state index is 0.144. The van der Waals surface area contributed by atoms with Gasteiger partial charge >= 0.3 is 5.97 Å². The van der Waals surface area contributed by atoms with Crippen LogP contribution in [-0.2, 0) is 9.59 Å². The summed E-state index contributed by atoms with van der Waals surface area (Å²) in [6, 6.07) is 0. The van der Waals surface area contributed by atoms with E-state index in [1.807, 2.05) is 0 Å². The molecule has 3 heteroatoms. The third kappa shape index (κ3) is 1.93. The number of carboxylic acid groups (broad SMARTS) is 1. The van der Waals surface area contributed by atoms with Crippen LogP contribution in [0.5, 0.6) is 0 Å². The van der Waals surface area contributed by atoms with Gasteiger partial charge in [0.25, 0.3) is 0 Å². The maximum Gasteiger partial charge on any atom is 0.339 e. The predicted octanol–water partition coefficient (Wildman–Crippen LogP) is 1.33. The Bertz CT molecular complexity index is 310. The quantitative estimate of drug-likeness (QED) is 0.524. The Morgan fingerprint density at radius 1 is 1.69 bits per heavy atom. The maximum absolute atomic E-state index is 11.4. The first-order chi connectivity index (χ1) is 6.16. The molecule has 0 bridgehead atoms. The number of allylic oxidation sites excluding steroid dienone is 4. The molecule has 0 fully saturated rings. The van der Waals surface area contributed by atoms with Crippen LogP contribution in [0.3, 0.4) is 0 Å². The van der Waals surface area contributed by atoms with Gasteiger partial charge in [0.05, 0.1) is 0 Å². The minimum Gasteiger partial charge on any atom is -0.478 e. The zero-order chi connectivity index (χ0) is 9.84. The number of carboxylic acids is 1. The molecule has 1 rings (SSSR count). The minimum atomic E-state index is -1.16. The molecule has 0 spiro atoms. The lowest BCUT2D eigenvalue weighted by atomic mass is 9.90. The molecule has 0 radical (unpaired) electrons. The Labute approximate surface area is 76.1 Å². The van der Waals surface area contributed by atoms with E-state index in [1.54, 1.807) is 18.2 Å². The highest BCUT2D eigenvalue weighted by Crippen LogP contribution is 2.18. The highest BCUT2D eigenvalue weighted by Gasteiger charge is 2.25. The third-order valence-electron chi connectivity index (χ3n) is 1.86.